The molecule has 0 aliphatic carbocycles. The van der Waals surface area contributed by atoms with Gasteiger partial charge < -0.3 is 24.8 Å². The number of amides is 1. The molecular weight excluding hydrogens is 308 g/mol. The van der Waals surface area contributed by atoms with E-state index in [0.29, 0.717) is 31.3 Å². The van der Waals surface area contributed by atoms with E-state index >= 15 is 0 Å². The summed E-state index contributed by atoms with van der Waals surface area (Å²) in [5.41, 5.74) is 0.545. The molecule has 6 heteroatoms. The highest BCUT2D eigenvalue weighted by atomic mass is 16.5. The molecule has 0 radical (unpaired) electrons. The number of ether oxygens (including phenoxy) is 3. The number of methoxy groups -OCH3 is 2. The Morgan fingerprint density at radius 2 is 2.00 bits per heavy atom. The van der Waals surface area contributed by atoms with Gasteiger partial charge in [-0.3, -0.25) is 4.79 Å². The quantitative estimate of drug-likeness (QED) is 0.757. The third kappa shape index (κ3) is 4.39. The third-order valence-electron chi connectivity index (χ3n) is 4.44. The lowest BCUT2D eigenvalue weighted by molar-refractivity contribution is -0.136. The highest BCUT2D eigenvalue weighted by Gasteiger charge is 2.39. The fourth-order valence-corrected chi connectivity index (χ4v) is 3.09. The molecule has 1 saturated heterocycles. The predicted octanol–water partition coefficient (Wildman–Crippen LogP) is 1.73. The van der Waals surface area contributed by atoms with E-state index in [-0.39, 0.29) is 5.91 Å². The summed E-state index contributed by atoms with van der Waals surface area (Å²) in [6.45, 7) is 5.09. The molecule has 1 aliphatic heterocycles. The number of carbonyl (C=O) groups is 1. The molecule has 2 N–H and O–H groups in total. The zero-order valence-electron chi connectivity index (χ0n) is 14.8. The highest BCUT2D eigenvalue weighted by Crippen LogP contribution is 2.30. The first-order valence-corrected chi connectivity index (χ1v) is 8.43. The molecular formula is C18H28N2O4. The summed E-state index contributed by atoms with van der Waals surface area (Å²) in [6, 6.07) is 5.71. The van der Waals surface area contributed by atoms with Crippen LogP contribution < -0.4 is 20.1 Å². The molecule has 1 fully saturated rings. The maximum Gasteiger partial charge on any atom is 0.228 e. The van der Waals surface area contributed by atoms with Crippen molar-refractivity contribution in [1.29, 1.82) is 0 Å². The van der Waals surface area contributed by atoms with Gasteiger partial charge in [0.05, 0.1) is 25.7 Å². The van der Waals surface area contributed by atoms with Gasteiger partial charge in [-0.05, 0) is 50.6 Å². The SMILES string of the molecule is CCOc1cc(CNC(=O)C2(COC)CCNCC2)ccc1OC. The van der Waals surface area contributed by atoms with Gasteiger partial charge in [-0.25, -0.2) is 0 Å². The van der Waals surface area contributed by atoms with Gasteiger partial charge in [0.1, 0.15) is 0 Å². The van der Waals surface area contributed by atoms with Crippen LogP contribution in [0.5, 0.6) is 11.5 Å². The molecule has 1 heterocycles. The molecule has 1 amide bonds. The van der Waals surface area contributed by atoms with Crippen LogP contribution in [0.4, 0.5) is 0 Å². The zero-order valence-corrected chi connectivity index (χ0v) is 14.8. The minimum atomic E-state index is -0.435. The Balaban J connectivity index is 2.03. The Hall–Kier alpha value is -1.79. The molecule has 0 atom stereocenters. The molecule has 0 saturated carbocycles. The van der Waals surface area contributed by atoms with E-state index in [1.54, 1.807) is 14.2 Å². The van der Waals surface area contributed by atoms with E-state index in [1.165, 1.54) is 0 Å². The van der Waals surface area contributed by atoms with Crippen molar-refractivity contribution in [1.82, 2.24) is 10.6 Å². The van der Waals surface area contributed by atoms with Gasteiger partial charge in [0.2, 0.25) is 5.91 Å². The summed E-state index contributed by atoms with van der Waals surface area (Å²) < 4.78 is 16.2. The van der Waals surface area contributed by atoms with E-state index in [4.69, 9.17) is 14.2 Å². The number of hydrogen-bond acceptors (Lipinski definition) is 5. The zero-order chi connectivity index (χ0) is 17.4. The first kappa shape index (κ1) is 18.5. The van der Waals surface area contributed by atoms with Crippen molar-refractivity contribution in [3.05, 3.63) is 23.8 Å². The molecule has 0 bridgehead atoms. The maximum absolute atomic E-state index is 12.7. The van der Waals surface area contributed by atoms with Gasteiger partial charge in [-0.15, -0.1) is 0 Å². The van der Waals surface area contributed by atoms with Gasteiger partial charge >= 0.3 is 0 Å². The summed E-state index contributed by atoms with van der Waals surface area (Å²) in [4.78, 5) is 12.7. The second-order valence-electron chi connectivity index (χ2n) is 6.06. The van der Waals surface area contributed by atoms with E-state index in [0.717, 1.165) is 31.5 Å². The summed E-state index contributed by atoms with van der Waals surface area (Å²) in [7, 11) is 3.26. The molecule has 0 spiro atoms. The number of rotatable bonds is 8. The molecule has 24 heavy (non-hydrogen) atoms. The van der Waals surface area contributed by atoms with Crippen LogP contribution in [0.2, 0.25) is 0 Å². The van der Waals surface area contributed by atoms with Crippen LogP contribution >= 0.6 is 0 Å². The highest BCUT2D eigenvalue weighted by molar-refractivity contribution is 5.83. The van der Waals surface area contributed by atoms with Gasteiger partial charge in [0.15, 0.2) is 11.5 Å². The Morgan fingerprint density at radius 1 is 1.25 bits per heavy atom. The smallest absolute Gasteiger partial charge is 0.228 e. The molecule has 2 rings (SSSR count). The van der Waals surface area contributed by atoms with Crippen molar-refractivity contribution in [2.24, 2.45) is 5.41 Å². The number of piperidine rings is 1. The lowest BCUT2D eigenvalue weighted by Crippen LogP contribution is -2.49. The summed E-state index contributed by atoms with van der Waals surface area (Å²) >= 11 is 0. The summed E-state index contributed by atoms with van der Waals surface area (Å²) in [6.07, 6.45) is 1.58. The minimum absolute atomic E-state index is 0.0552. The van der Waals surface area contributed by atoms with E-state index in [2.05, 4.69) is 10.6 Å². The molecule has 0 unspecified atom stereocenters. The summed E-state index contributed by atoms with van der Waals surface area (Å²) in [5, 5.41) is 6.35. The van der Waals surface area contributed by atoms with Crippen LogP contribution in [0.25, 0.3) is 0 Å². The Bertz CT molecular complexity index is 536. The molecule has 6 nitrogen and oxygen atoms in total. The van der Waals surface area contributed by atoms with Crippen LogP contribution in [0.15, 0.2) is 18.2 Å². The fraction of sp³-hybridized carbons (Fsp3) is 0.611. The van der Waals surface area contributed by atoms with Crippen molar-refractivity contribution in [3.8, 4) is 11.5 Å². The minimum Gasteiger partial charge on any atom is -0.493 e. The number of hydrogen-bond donors (Lipinski definition) is 2. The van der Waals surface area contributed by atoms with Crippen molar-refractivity contribution in [2.75, 3.05) is 40.5 Å². The topological polar surface area (TPSA) is 68.8 Å². The molecule has 1 aliphatic rings. The van der Waals surface area contributed by atoms with Crippen LogP contribution in [0, 0.1) is 5.41 Å². The standard InChI is InChI=1S/C18H28N2O4/c1-4-24-16-11-14(5-6-15(16)23-3)12-20-17(21)18(13-22-2)7-9-19-10-8-18/h5-6,11,19H,4,7-10,12-13H2,1-3H3,(H,20,21). The second-order valence-corrected chi connectivity index (χ2v) is 6.06. The first-order valence-electron chi connectivity index (χ1n) is 8.43. The average Bonchev–Trinajstić information content (AvgIpc) is 2.61. The van der Waals surface area contributed by atoms with Gasteiger partial charge in [-0.2, -0.15) is 0 Å². The number of nitrogens with one attached hydrogen (secondary N) is 2. The fourth-order valence-electron chi connectivity index (χ4n) is 3.09. The van der Waals surface area contributed by atoms with Crippen molar-refractivity contribution in [3.63, 3.8) is 0 Å². The molecule has 1 aromatic rings. The lowest BCUT2D eigenvalue weighted by Gasteiger charge is -2.35. The monoisotopic (exact) mass is 336 g/mol. The lowest BCUT2D eigenvalue weighted by atomic mass is 9.78. The van der Waals surface area contributed by atoms with E-state index < -0.39 is 5.41 Å². The maximum atomic E-state index is 12.7. The van der Waals surface area contributed by atoms with Gasteiger partial charge in [0, 0.05) is 13.7 Å². The van der Waals surface area contributed by atoms with Crippen LogP contribution in [-0.4, -0.2) is 46.4 Å². The Labute approximate surface area is 143 Å². The predicted molar refractivity (Wildman–Crippen MR) is 92.4 cm³/mol. The number of benzene rings is 1. The second kappa shape index (κ2) is 8.89. The van der Waals surface area contributed by atoms with E-state index in [9.17, 15) is 4.79 Å². The van der Waals surface area contributed by atoms with Crippen molar-refractivity contribution >= 4 is 5.91 Å². The molecule has 1 aromatic carbocycles. The summed E-state index contributed by atoms with van der Waals surface area (Å²) in [5.74, 6) is 1.45. The van der Waals surface area contributed by atoms with Crippen LogP contribution in [0.1, 0.15) is 25.3 Å². The molecule has 0 aromatic heterocycles. The van der Waals surface area contributed by atoms with Crippen molar-refractivity contribution in [2.45, 2.75) is 26.3 Å². The molecule has 134 valence electrons. The van der Waals surface area contributed by atoms with Gasteiger partial charge in [-0.1, -0.05) is 6.07 Å². The Kier molecular flexibility index (Phi) is 6.87. The number of carbonyl (C=O) groups excluding carboxylic acids is 1. The third-order valence-corrected chi connectivity index (χ3v) is 4.44. The van der Waals surface area contributed by atoms with E-state index in [1.807, 2.05) is 25.1 Å². The average molecular weight is 336 g/mol. The normalized spacial score (nSPS) is 16.5. The van der Waals surface area contributed by atoms with Crippen LogP contribution in [0.3, 0.4) is 0 Å². The largest absolute Gasteiger partial charge is 0.493 e. The first-order chi connectivity index (χ1) is 11.6. The van der Waals surface area contributed by atoms with Crippen molar-refractivity contribution < 1.29 is 19.0 Å². The Morgan fingerprint density at radius 3 is 2.62 bits per heavy atom. The van der Waals surface area contributed by atoms with Crippen LogP contribution in [-0.2, 0) is 16.1 Å². The van der Waals surface area contributed by atoms with Gasteiger partial charge in [0.25, 0.3) is 0 Å².